The van der Waals surface area contributed by atoms with E-state index in [0.717, 1.165) is 29.3 Å². The number of imidazole rings is 1. The highest BCUT2D eigenvalue weighted by Gasteiger charge is 2.59. The van der Waals surface area contributed by atoms with E-state index >= 15 is 9.18 Å². The summed E-state index contributed by atoms with van der Waals surface area (Å²) in [5.74, 6) is -0.547. The molecule has 2 fully saturated rings. The summed E-state index contributed by atoms with van der Waals surface area (Å²) in [6.07, 6.45) is 6.32. The molecule has 1 saturated heterocycles. The summed E-state index contributed by atoms with van der Waals surface area (Å²) in [4.78, 5) is 52.3. The van der Waals surface area contributed by atoms with Gasteiger partial charge in [-0.3, -0.25) is 23.4 Å². The maximum atomic E-state index is 15.5. The van der Waals surface area contributed by atoms with Crippen molar-refractivity contribution in [1.29, 1.82) is 0 Å². The van der Waals surface area contributed by atoms with E-state index in [0.29, 0.717) is 88.0 Å². The van der Waals surface area contributed by atoms with Gasteiger partial charge in [-0.2, -0.15) is 0 Å². The molecule has 3 aliphatic rings. The number of hydrogen-bond acceptors (Lipinski definition) is 11. The van der Waals surface area contributed by atoms with Crippen LogP contribution in [0.1, 0.15) is 85.4 Å². The number of nitrogens with zero attached hydrogens (tertiary/aromatic N) is 6. The molecular formula is C49H57FN9O7P. The van der Waals surface area contributed by atoms with Crippen LogP contribution in [0.25, 0.3) is 16.6 Å². The Hall–Kier alpha value is -6.29. The summed E-state index contributed by atoms with van der Waals surface area (Å²) in [5.41, 5.74) is 11.0. The molecule has 1 saturated carbocycles. The smallest absolute Gasteiger partial charge is 0.402 e. The number of hydrogen-bond donors (Lipinski definition) is 4. The van der Waals surface area contributed by atoms with E-state index in [1.54, 1.807) is 68.5 Å². The lowest BCUT2D eigenvalue weighted by Gasteiger charge is -2.37. The number of benzene rings is 3. The molecule has 0 bridgehead atoms. The molecule has 3 aromatic heterocycles. The second kappa shape index (κ2) is 17.7. The normalized spacial score (nSPS) is 21.3. The number of amides is 1. The number of H-pyrrole nitrogens is 1. The maximum absolute atomic E-state index is 15.5. The number of nitrogens with two attached hydrogens (primary N) is 1. The highest BCUT2D eigenvalue weighted by Crippen LogP contribution is 2.56. The summed E-state index contributed by atoms with van der Waals surface area (Å²) in [7, 11) is -1.22. The van der Waals surface area contributed by atoms with Gasteiger partial charge < -0.3 is 34.9 Å². The monoisotopic (exact) mass is 933 g/mol. The topological polar surface area (TPSA) is 208 Å². The number of aliphatic imine (C=N–C) groups is 1. The Morgan fingerprint density at radius 1 is 1.07 bits per heavy atom. The number of fused-ring (bicyclic) bond motifs is 1. The first kappa shape index (κ1) is 45.8. The number of ether oxygens (including phenoxy) is 1. The standard InChI is InChI=1S/C49H57FN9O7P/c1-7-67(64,21-18-60)41-11-9-36(26-38(41)52-6)57-16-17-58(48(57)63)44(53-35-22-28(2)43(50)29(3)23-35)42-31(5)56(15-12-37(42)51)45(61)40-25-34-24-33(32-13-19-65-20-14-32)8-10-39(34)59(40)49(27-30(49)4)46-54-47(62)66-55-46/h8-11,16-17,22-26,30-32,52,60H,7,12-15,18-21,27,51H2,1-6H3,(H,54,55,62)/t30-,31-,49-,67?/m0/s1. The SMILES string of the molecule is CCP(=O)(CCO)c1ccc(-n2ccn(C(=Nc3cc(C)c(F)c(C)c3)C3=C(N)CCN(C(=O)c4cc5cc(C6CCOCC6)ccc5n4[C@@]4(c5noc(=O)[nH]5)C[C@@H]4C)[C@H]3C)c2=O)cc1NC. The number of halogens is 1. The van der Waals surface area contributed by atoms with Crippen molar-refractivity contribution in [2.75, 3.05) is 51.1 Å². The predicted octanol–water partition coefficient (Wildman–Crippen LogP) is 6.47. The Balaban J connectivity index is 1.16. The van der Waals surface area contributed by atoms with E-state index in [2.05, 4.69) is 34.5 Å². The average molecular weight is 934 g/mol. The van der Waals surface area contributed by atoms with Crippen LogP contribution < -0.4 is 27.8 Å². The first-order valence-corrected chi connectivity index (χ1v) is 25.0. The van der Waals surface area contributed by atoms with Gasteiger partial charge in [-0.15, -0.1) is 0 Å². The molecule has 352 valence electrons. The van der Waals surface area contributed by atoms with Gasteiger partial charge in [0.2, 0.25) is 0 Å². The third-order valence-electron chi connectivity index (χ3n) is 14.2. The number of carbonyl (C=O) groups is 1. The summed E-state index contributed by atoms with van der Waals surface area (Å²) >= 11 is 0. The summed E-state index contributed by atoms with van der Waals surface area (Å²) in [6.45, 7) is 10.4. The van der Waals surface area contributed by atoms with Crippen LogP contribution in [0.3, 0.4) is 0 Å². The van der Waals surface area contributed by atoms with Crippen molar-refractivity contribution in [3.63, 3.8) is 0 Å². The van der Waals surface area contributed by atoms with Gasteiger partial charge in [0.1, 0.15) is 30.0 Å². The minimum absolute atomic E-state index is 0.00944. The largest absolute Gasteiger partial charge is 0.438 e. The van der Waals surface area contributed by atoms with Gasteiger partial charge in [0.25, 0.3) is 5.91 Å². The highest BCUT2D eigenvalue weighted by molar-refractivity contribution is 7.71. The zero-order chi connectivity index (χ0) is 47.5. The maximum Gasteiger partial charge on any atom is 0.438 e. The Morgan fingerprint density at radius 2 is 1.81 bits per heavy atom. The molecule has 4 atom stereocenters. The van der Waals surface area contributed by atoms with E-state index in [9.17, 15) is 19.3 Å². The van der Waals surface area contributed by atoms with Crippen LogP contribution in [-0.4, -0.2) is 97.4 Å². The number of aliphatic hydroxyl groups excluding tert-OH is 1. The summed E-state index contributed by atoms with van der Waals surface area (Å²) in [5, 5.41) is 18.5. The molecule has 1 amide bonds. The van der Waals surface area contributed by atoms with E-state index in [1.807, 2.05) is 30.5 Å². The molecule has 1 unspecified atom stereocenters. The highest BCUT2D eigenvalue weighted by atomic mass is 31.2. The Labute approximate surface area is 386 Å². The van der Waals surface area contributed by atoms with E-state index < -0.39 is 30.2 Å². The number of aromatic nitrogens is 5. The molecule has 5 N–H and O–H groups in total. The minimum atomic E-state index is -2.93. The molecule has 0 spiro atoms. The number of aromatic amines is 1. The lowest BCUT2D eigenvalue weighted by molar-refractivity contribution is 0.0697. The fourth-order valence-corrected chi connectivity index (χ4v) is 12.5. The number of carbonyl (C=O) groups excluding carboxylic acids is 1. The van der Waals surface area contributed by atoms with E-state index in [1.165, 1.54) is 9.13 Å². The average Bonchev–Trinajstić information content (AvgIpc) is 3.64. The molecule has 6 aromatic rings. The lowest BCUT2D eigenvalue weighted by atomic mass is 9.91. The summed E-state index contributed by atoms with van der Waals surface area (Å²) in [6, 6.07) is 15.9. The number of rotatable bonds is 12. The van der Waals surface area contributed by atoms with Gasteiger partial charge in [0, 0.05) is 91.1 Å². The molecule has 2 aliphatic heterocycles. The quantitative estimate of drug-likeness (QED) is 0.0598. The molecule has 67 heavy (non-hydrogen) atoms. The number of anilines is 1. The molecular weight excluding hydrogens is 877 g/mol. The number of aryl methyl sites for hydroxylation is 2. The summed E-state index contributed by atoms with van der Waals surface area (Å²) < 4.78 is 44.5. The zero-order valence-corrected chi connectivity index (χ0v) is 39.5. The zero-order valence-electron chi connectivity index (χ0n) is 38.6. The molecule has 9 rings (SSSR count). The van der Waals surface area contributed by atoms with Crippen molar-refractivity contribution in [1.82, 2.24) is 28.7 Å². The Kier molecular flexibility index (Phi) is 12.1. The van der Waals surface area contributed by atoms with E-state index in [4.69, 9.17) is 20.0 Å². The van der Waals surface area contributed by atoms with Crippen molar-refractivity contribution >= 4 is 46.5 Å². The fourth-order valence-electron chi connectivity index (χ4n) is 10.4. The molecule has 18 heteroatoms. The van der Waals surface area contributed by atoms with Gasteiger partial charge in [-0.1, -0.05) is 25.1 Å². The van der Waals surface area contributed by atoms with Gasteiger partial charge in [-0.05, 0) is 117 Å². The van der Waals surface area contributed by atoms with Crippen molar-refractivity contribution in [2.24, 2.45) is 16.6 Å². The van der Waals surface area contributed by atoms with Gasteiger partial charge in [-0.25, -0.2) is 19.0 Å². The molecule has 16 nitrogen and oxygen atoms in total. The number of aliphatic hydroxyl groups is 1. The molecule has 1 aliphatic carbocycles. The van der Waals surface area contributed by atoms with Crippen LogP contribution >= 0.6 is 7.14 Å². The minimum Gasteiger partial charge on any atom is -0.402 e. The molecule has 5 heterocycles. The second-order valence-electron chi connectivity index (χ2n) is 18.2. The van der Waals surface area contributed by atoms with Gasteiger partial charge >= 0.3 is 11.4 Å². The van der Waals surface area contributed by atoms with Crippen molar-refractivity contribution in [3.05, 3.63) is 133 Å². The van der Waals surface area contributed by atoms with Crippen molar-refractivity contribution in [2.45, 2.75) is 77.8 Å². The van der Waals surface area contributed by atoms with Crippen LogP contribution in [-0.2, 0) is 14.8 Å². The first-order valence-electron chi connectivity index (χ1n) is 22.9. The van der Waals surface area contributed by atoms with Crippen LogP contribution in [0, 0.1) is 25.6 Å². The van der Waals surface area contributed by atoms with Crippen LogP contribution in [0.2, 0.25) is 0 Å². The predicted molar refractivity (Wildman–Crippen MR) is 257 cm³/mol. The fraction of sp³-hybridized carbons (Fsp3) is 0.408. The van der Waals surface area contributed by atoms with Crippen molar-refractivity contribution < 1.29 is 28.1 Å². The number of nitrogens with one attached hydrogen (secondary N) is 2. The van der Waals surface area contributed by atoms with Crippen molar-refractivity contribution in [3.8, 4) is 5.69 Å². The van der Waals surface area contributed by atoms with Gasteiger partial charge in [0.15, 0.2) is 5.82 Å². The van der Waals surface area contributed by atoms with E-state index in [-0.39, 0.29) is 49.2 Å². The van der Waals surface area contributed by atoms with Crippen LogP contribution in [0.5, 0.6) is 0 Å². The van der Waals surface area contributed by atoms with Crippen LogP contribution in [0.15, 0.2) is 97.4 Å². The van der Waals surface area contributed by atoms with Crippen LogP contribution in [0.4, 0.5) is 15.8 Å². The lowest BCUT2D eigenvalue weighted by Crippen LogP contribution is -2.49. The third-order valence-corrected chi connectivity index (χ3v) is 17.4. The third kappa shape index (κ3) is 7.89. The van der Waals surface area contributed by atoms with Gasteiger partial charge in [0.05, 0.1) is 24.0 Å². The Morgan fingerprint density at radius 3 is 2.45 bits per heavy atom. The molecule has 0 radical (unpaired) electrons. The molecule has 3 aromatic carbocycles. The second-order valence-corrected chi connectivity index (χ2v) is 21.5. The Bertz CT molecular complexity index is 3130. The first-order chi connectivity index (χ1) is 32.1.